The number of rotatable bonds is 7. The Morgan fingerprint density at radius 2 is 1.89 bits per heavy atom. The summed E-state index contributed by atoms with van der Waals surface area (Å²) in [7, 11) is 0. The monoisotopic (exact) mass is 537 g/mol. The Labute approximate surface area is 191 Å². The van der Waals surface area contributed by atoms with Crippen LogP contribution in [0.25, 0.3) is 0 Å². The first kappa shape index (κ1) is 24.8. The second-order valence-corrected chi connectivity index (χ2v) is 8.31. The molecule has 0 aliphatic rings. The highest BCUT2D eigenvalue weighted by Crippen LogP contribution is 2.24. The fourth-order valence-electron chi connectivity index (χ4n) is 2.45. The van der Waals surface area contributed by atoms with Crippen molar-refractivity contribution in [2.45, 2.75) is 54.1 Å². The standard InChI is InChI=1S/C18H27N5O2S2.HI/c1-7-19-18(20-9-14-10(3)21-13(6)26-14)23-12(5)16-22-11(4)15(27-16)17(24)25-8-2;/h12H,7-9H2,1-6H3,(H2,19,20,23);1H. The Morgan fingerprint density at radius 1 is 1.18 bits per heavy atom. The Morgan fingerprint density at radius 3 is 2.46 bits per heavy atom. The number of guanidine groups is 1. The molecular weight excluding hydrogens is 509 g/mol. The predicted octanol–water partition coefficient (Wildman–Crippen LogP) is 4.14. The van der Waals surface area contributed by atoms with E-state index in [9.17, 15) is 4.79 Å². The van der Waals surface area contributed by atoms with E-state index in [0.29, 0.717) is 29.7 Å². The molecule has 1 atom stereocenters. The number of hydrogen-bond donors (Lipinski definition) is 2. The molecule has 0 radical (unpaired) electrons. The van der Waals surface area contributed by atoms with Crippen LogP contribution < -0.4 is 10.6 Å². The zero-order valence-electron chi connectivity index (χ0n) is 17.1. The van der Waals surface area contributed by atoms with Gasteiger partial charge in [-0.25, -0.2) is 19.8 Å². The number of thiazole rings is 2. The van der Waals surface area contributed by atoms with Gasteiger partial charge in [0.05, 0.1) is 35.6 Å². The van der Waals surface area contributed by atoms with Crippen LogP contribution in [0, 0.1) is 20.8 Å². The van der Waals surface area contributed by atoms with Gasteiger partial charge in [-0.05, 0) is 41.5 Å². The molecule has 2 rings (SSSR count). The van der Waals surface area contributed by atoms with E-state index in [2.05, 4.69) is 25.6 Å². The molecule has 2 heterocycles. The summed E-state index contributed by atoms with van der Waals surface area (Å²) in [6, 6.07) is -0.0843. The summed E-state index contributed by atoms with van der Waals surface area (Å²) in [6.45, 7) is 13.3. The largest absolute Gasteiger partial charge is 0.462 e. The quantitative estimate of drug-likeness (QED) is 0.239. The number of ether oxygens (including phenoxy) is 1. The molecule has 2 aromatic heterocycles. The number of nitrogens with one attached hydrogen (secondary N) is 2. The van der Waals surface area contributed by atoms with Crippen LogP contribution in [0.4, 0.5) is 0 Å². The average Bonchev–Trinajstić information content (AvgIpc) is 3.15. The van der Waals surface area contributed by atoms with Gasteiger partial charge in [-0.15, -0.1) is 46.7 Å². The summed E-state index contributed by atoms with van der Waals surface area (Å²) in [5.41, 5.74) is 1.72. The Balaban J connectivity index is 0.00000392. The van der Waals surface area contributed by atoms with Gasteiger partial charge < -0.3 is 15.4 Å². The number of halogens is 1. The highest BCUT2D eigenvalue weighted by molar-refractivity contribution is 14.0. The second-order valence-electron chi connectivity index (χ2n) is 5.99. The zero-order chi connectivity index (χ0) is 20.0. The molecule has 0 amide bonds. The molecule has 0 spiro atoms. The SMILES string of the molecule is CCNC(=NCc1sc(C)nc1C)NC(C)c1nc(C)c(C(=O)OCC)s1.I. The third-order valence-electron chi connectivity index (χ3n) is 3.72. The molecule has 28 heavy (non-hydrogen) atoms. The number of carbonyl (C=O) groups excluding carboxylic acids is 1. The highest BCUT2D eigenvalue weighted by Gasteiger charge is 2.20. The fraction of sp³-hybridized carbons (Fsp3) is 0.556. The molecule has 0 saturated carbocycles. The van der Waals surface area contributed by atoms with E-state index < -0.39 is 0 Å². The second kappa shape index (κ2) is 11.7. The van der Waals surface area contributed by atoms with Crippen LogP contribution in [0.3, 0.4) is 0 Å². The summed E-state index contributed by atoms with van der Waals surface area (Å²) < 4.78 is 5.09. The molecule has 10 heteroatoms. The maximum absolute atomic E-state index is 12.0. The predicted molar refractivity (Wildman–Crippen MR) is 126 cm³/mol. The molecule has 0 aromatic carbocycles. The minimum atomic E-state index is -0.317. The third kappa shape index (κ3) is 6.66. The first-order valence-corrected chi connectivity index (χ1v) is 10.6. The van der Waals surface area contributed by atoms with E-state index in [1.54, 1.807) is 18.3 Å². The van der Waals surface area contributed by atoms with E-state index in [4.69, 9.17) is 4.74 Å². The van der Waals surface area contributed by atoms with E-state index in [1.165, 1.54) is 11.3 Å². The van der Waals surface area contributed by atoms with Crippen molar-refractivity contribution in [2.75, 3.05) is 13.2 Å². The van der Waals surface area contributed by atoms with Crippen molar-refractivity contribution in [3.05, 3.63) is 31.2 Å². The lowest BCUT2D eigenvalue weighted by Gasteiger charge is -2.15. The number of nitrogens with zero attached hydrogens (tertiary/aromatic N) is 3. The van der Waals surface area contributed by atoms with Gasteiger partial charge in [0.25, 0.3) is 0 Å². The molecule has 0 fully saturated rings. The third-order valence-corrected chi connectivity index (χ3v) is 6.10. The van der Waals surface area contributed by atoms with Gasteiger partial charge in [-0.2, -0.15) is 0 Å². The van der Waals surface area contributed by atoms with Gasteiger partial charge in [0.15, 0.2) is 5.96 Å². The van der Waals surface area contributed by atoms with Crippen molar-refractivity contribution in [2.24, 2.45) is 4.99 Å². The average molecular weight is 537 g/mol. The van der Waals surface area contributed by atoms with Crippen LogP contribution in [-0.2, 0) is 11.3 Å². The molecular formula is C18H28IN5O2S2. The van der Waals surface area contributed by atoms with Crippen LogP contribution in [0.1, 0.15) is 62.8 Å². The molecule has 2 aromatic rings. The minimum Gasteiger partial charge on any atom is -0.462 e. The molecule has 7 nitrogen and oxygen atoms in total. The van der Waals surface area contributed by atoms with Gasteiger partial charge in [0, 0.05) is 11.4 Å². The molecule has 2 N–H and O–H groups in total. The minimum absolute atomic E-state index is 0. The molecule has 1 unspecified atom stereocenters. The summed E-state index contributed by atoms with van der Waals surface area (Å²) in [5, 5.41) is 8.49. The number of aromatic nitrogens is 2. The topological polar surface area (TPSA) is 88.5 Å². The number of aliphatic imine (C=N–C) groups is 1. The van der Waals surface area contributed by atoms with Crippen molar-refractivity contribution in [1.29, 1.82) is 0 Å². The van der Waals surface area contributed by atoms with Crippen LogP contribution in [0.2, 0.25) is 0 Å². The lowest BCUT2D eigenvalue weighted by atomic mass is 10.3. The van der Waals surface area contributed by atoms with E-state index in [-0.39, 0.29) is 36.0 Å². The molecule has 0 aliphatic carbocycles. The first-order valence-electron chi connectivity index (χ1n) is 8.97. The van der Waals surface area contributed by atoms with Crippen LogP contribution in [0.5, 0.6) is 0 Å². The normalized spacial score (nSPS) is 12.3. The Kier molecular flexibility index (Phi) is 10.3. The van der Waals surface area contributed by atoms with Gasteiger partial charge in [-0.3, -0.25) is 0 Å². The fourth-order valence-corrected chi connectivity index (χ4v) is 4.27. The molecule has 0 aliphatic heterocycles. The van der Waals surface area contributed by atoms with E-state index in [1.807, 2.05) is 34.6 Å². The van der Waals surface area contributed by atoms with Gasteiger partial charge in [0.1, 0.15) is 9.88 Å². The summed E-state index contributed by atoms with van der Waals surface area (Å²) in [5.74, 6) is 0.392. The number of aryl methyl sites for hydroxylation is 3. The van der Waals surface area contributed by atoms with Crippen LogP contribution in [-0.4, -0.2) is 35.0 Å². The van der Waals surface area contributed by atoms with Gasteiger partial charge in [-0.1, -0.05) is 0 Å². The maximum atomic E-state index is 12.0. The van der Waals surface area contributed by atoms with Gasteiger partial charge in [0.2, 0.25) is 0 Å². The zero-order valence-corrected chi connectivity index (χ0v) is 21.0. The van der Waals surface area contributed by atoms with E-state index >= 15 is 0 Å². The van der Waals surface area contributed by atoms with E-state index in [0.717, 1.165) is 27.1 Å². The van der Waals surface area contributed by atoms with Crippen molar-refractivity contribution in [1.82, 2.24) is 20.6 Å². The van der Waals surface area contributed by atoms with Gasteiger partial charge >= 0.3 is 5.97 Å². The smallest absolute Gasteiger partial charge is 0.350 e. The molecule has 0 saturated heterocycles. The highest BCUT2D eigenvalue weighted by atomic mass is 127. The van der Waals surface area contributed by atoms with Crippen molar-refractivity contribution in [3.8, 4) is 0 Å². The van der Waals surface area contributed by atoms with Crippen LogP contribution >= 0.6 is 46.7 Å². The Bertz CT molecular complexity index is 819. The van der Waals surface area contributed by atoms with Crippen molar-refractivity contribution < 1.29 is 9.53 Å². The number of hydrogen-bond acceptors (Lipinski definition) is 7. The lowest BCUT2D eigenvalue weighted by Crippen LogP contribution is -2.38. The number of carbonyl (C=O) groups is 1. The summed E-state index contributed by atoms with van der Waals surface area (Å²) in [4.78, 5) is 27.4. The number of esters is 1. The Hall–Kier alpha value is -1.27. The van der Waals surface area contributed by atoms with Crippen LogP contribution in [0.15, 0.2) is 4.99 Å². The van der Waals surface area contributed by atoms with Crippen molar-refractivity contribution >= 4 is 58.6 Å². The van der Waals surface area contributed by atoms with Crippen molar-refractivity contribution in [3.63, 3.8) is 0 Å². The summed E-state index contributed by atoms with van der Waals surface area (Å²) in [6.07, 6.45) is 0. The molecule has 156 valence electrons. The maximum Gasteiger partial charge on any atom is 0.350 e. The first-order chi connectivity index (χ1) is 12.8. The molecule has 0 bridgehead atoms. The lowest BCUT2D eigenvalue weighted by molar-refractivity contribution is 0.0531. The summed E-state index contributed by atoms with van der Waals surface area (Å²) >= 11 is 3.02.